The van der Waals surface area contributed by atoms with E-state index in [0.29, 0.717) is 19.0 Å². The van der Waals surface area contributed by atoms with Gasteiger partial charge in [0, 0.05) is 13.1 Å². The Labute approximate surface area is 140 Å². The SMILES string of the molecule is CCN(CC)[C@H](CNC(=O)CN1CCC[C@H](C)C1)c1ccco1. The molecular weight excluding hydrogens is 290 g/mol. The minimum atomic E-state index is 0.101. The molecule has 1 amide bonds. The number of hydrogen-bond acceptors (Lipinski definition) is 4. The van der Waals surface area contributed by atoms with Crippen LogP contribution in [0, 0.1) is 5.92 Å². The van der Waals surface area contributed by atoms with Crippen LogP contribution in [0.3, 0.4) is 0 Å². The van der Waals surface area contributed by atoms with Crippen molar-refractivity contribution < 1.29 is 9.21 Å². The minimum Gasteiger partial charge on any atom is -0.468 e. The summed E-state index contributed by atoms with van der Waals surface area (Å²) in [7, 11) is 0. The molecule has 0 saturated carbocycles. The second kappa shape index (κ2) is 9.08. The zero-order valence-electron chi connectivity index (χ0n) is 14.8. The van der Waals surface area contributed by atoms with Crippen molar-refractivity contribution in [1.82, 2.24) is 15.1 Å². The quantitative estimate of drug-likeness (QED) is 0.799. The molecule has 2 rings (SSSR count). The summed E-state index contributed by atoms with van der Waals surface area (Å²) in [6.45, 7) is 11.6. The van der Waals surface area contributed by atoms with Crippen molar-refractivity contribution in [2.75, 3.05) is 39.3 Å². The lowest BCUT2D eigenvalue weighted by molar-refractivity contribution is -0.122. The molecule has 0 spiro atoms. The Morgan fingerprint density at radius 1 is 1.48 bits per heavy atom. The number of likely N-dealkylation sites (N-methyl/N-ethyl adjacent to an activating group) is 1. The maximum Gasteiger partial charge on any atom is 0.234 e. The van der Waals surface area contributed by atoms with Gasteiger partial charge in [0.15, 0.2) is 0 Å². The lowest BCUT2D eigenvalue weighted by Gasteiger charge is -2.31. The molecule has 2 heterocycles. The molecule has 23 heavy (non-hydrogen) atoms. The van der Waals surface area contributed by atoms with Gasteiger partial charge in [0.25, 0.3) is 0 Å². The first kappa shape index (κ1) is 18.0. The number of carbonyl (C=O) groups excluding carboxylic acids is 1. The standard InChI is InChI=1S/C18H31N3O2/c1-4-21(5-2)16(17-9-7-11-23-17)12-19-18(22)14-20-10-6-8-15(3)13-20/h7,9,11,15-16H,4-6,8,10,12-14H2,1-3H3,(H,19,22)/t15-,16+/m0/s1. The third-order valence-corrected chi connectivity index (χ3v) is 4.73. The number of carbonyl (C=O) groups is 1. The van der Waals surface area contributed by atoms with E-state index in [-0.39, 0.29) is 11.9 Å². The molecular formula is C18H31N3O2. The Kier molecular flexibility index (Phi) is 7.12. The first-order valence-corrected chi connectivity index (χ1v) is 8.90. The molecule has 1 aliphatic rings. The molecule has 1 N–H and O–H groups in total. The molecule has 1 saturated heterocycles. The maximum absolute atomic E-state index is 12.3. The number of likely N-dealkylation sites (tertiary alicyclic amines) is 1. The van der Waals surface area contributed by atoms with Crippen LogP contribution in [0.15, 0.2) is 22.8 Å². The summed E-state index contributed by atoms with van der Waals surface area (Å²) in [5.41, 5.74) is 0. The van der Waals surface area contributed by atoms with Gasteiger partial charge in [-0.1, -0.05) is 20.8 Å². The highest BCUT2D eigenvalue weighted by atomic mass is 16.3. The van der Waals surface area contributed by atoms with Crippen LogP contribution in [0.5, 0.6) is 0 Å². The van der Waals surface area contributed by atoms with Crippen LogP contribution in [0.4, 0.5) is 0 Å². The molecule has 0 aliphatic carbocycles. The molecule has 5 nitrogen and oxygen atoms in total. The molecule has 0 bridgehead atoms. The summed E-state index contributed by atoms with van der Waals surface area (Å²) in [6, 6.07) is 3.99. The summed E-state index contributed by atoms with van der Waals surface area (Å²) in [6.07, 6.45) is 4.17. The summed E-state index contributed by atoms with van der Waals surface area (Å²) < 4.78 is 5.57. The number of rotatable bonds is 8. The number of hydrogen-bond donors (Lipinski definition) is 1. The average Bonchev–Trinajstić information content (AvgIpc) is 3.05. The van der Waals surface area contributed by atoms with Crippen LogP contribution in [-0.2, 0) is 4.79 Å². The minimum absolute atomic E-state index is 0.101. The van der Waals surface area contributed by atoms with Gasteiger partial charge in [-0.15, -0.1) is 0 Å². The Morgan fingerprint density at radius 3 is 2.87 bits per heavy atom. The van der Waals surface area contributed by atoms with Crippen molar-refractivity contribution in [1.29, 1.82) is 0 Å². The molecule has 1 aromatic heterocycles. The third-order valence-electron chi connectivity index (χ3n) is 4.73. The van der Waals surface area contributed by atoms with Gasteiger partial charge in [-0.2, -0.15) is 0 Å². The highest BCUT2D eigenvalue weighted by Gasteiger charge is 2.23. The molecule has 1 fully saturated rings. The number of nitrogens with one attached hydrogen (secondary N) is 1. The highest BCUT2D eigenvalue weighted by Crippen LogP contribution is 2.20. The van der Waals surface area contributed by atoms with Crippen molar-refractivity contribution in [3.8, 4) is 0 Å². The summed E-state index contributed by atoms with van der Waals surface area (Å²) in [4.78, 5) is 16.9. The van der Waals surface area contributed by atoms with Crippen LogP contribution in [-0.4, -0.2) is 55.0 Å². The van der Waals surface area contributed by atoms with Gasteiger partial charge < -0.3 is 9.73 Å². The molecule has 0 radical (unpaired) electrons. The third kappa shape index (κ3) is 5.36. The molecule has 5 heteroatoms. The van der Waals surface area contributed by atoms with E-state index < -0.39 is 0 Å². The van der Waals surface area contributed by atoms with E-state index in [9.17, 15) is 4.79 Å². The van der Waals surface area contributed by atoms with Crippen molar-refractivity contribution in [3.05, 3.63) is 24.2 Å². The predicted octanol–water partition coefficient (Wildman–Crippen LogP) is 2.51. The van der Waals surface area contributed by atoms with E-state index in [0.717, 1.165) is 31.9 Å². The van der Waals surface area contributed by atoms with Crippen molar-refractivity contribution >= 4 is 5.91 Å². The Bertz CT molecular complexity index is 457. The Hall–Kier alpha value is -1.33. The van der Waals surface area contributed by atoms with Crippen LogP contribution in [0.1, 0.15) is 45.4 Å². The summed E-state index contributed by atoms with van der Waals surface area (Å²) >= 11 is 0. The Morgan fingerprint density at radius 2 is 2.26 bits per heavy atom. The number of nitrogens with zero attached hydrogens (tertiary/aromatic N) is 2. The number of furan rings is 1. The number of piperidine rings is 1. The number of amides is 1. The van der Waals surface area contributed by atoms with Crippen LogP contribution < -0.4 is 5.32 Å². The van der Waals surface area contributed by atoms with Crippen molar-refractivity contribution in [2.24, 2.45) is 5.92 Å². The lowest BCUT2D eigenvalue weighted by Crippen LogP contribution is -2.44. The first-order chi connectivity index (χ1) is 11.1. The zero-order valence-corrected chi connectivity index (χ0v) is 14.8. The van der Waals surface area contributed by atoms with Gasteiger partial charge >= 0.3 is 0 Å². The van der Waals surface area contributed by atoms with Gasteiger partial charge in [0.05, 0.1) is 18.8 Å². The fraction of sp³-hybridized carbons (Fsp3) is 0.722. The monoisotopic (exact) mass is 321 g/mol. The zero-order chi connectivity index (χ0) is 16.7. The Balaban J connectivity index is 1.86. The van der Waals surface area contributed by atoms with Crippen molar-refractivity contribution in [2.45, 2.75) is 39.7 Å². The largest absolute Gasteiger partial charge is 0.468 e. The molecule has 0 unspecified atom stereocenters. The van der Waals surface area contributed by atoms with E-state index >= 15 is 0 Å². The van der Waals surface area contributed by atoms with Crippen LogP contribution >= 0.6 is 0 Å². The van der Waals surface area contributed by atoms with Crippen molar-refractivity contribution in [3.63, 3.8) is 0 Å². The molecule has 2 atom stereocenters. The average molecular weight is 321 g/mol. The normalized spacial score (nSPS) is 20.6. The molecule has 130 valence electrons. The van der Waals surface area contributed by atoms with E-state index in [2.05, 4.69) is 35.9 Å². The lowest BCUT2D eigenvalue weighted by atomic mass is 10.0. The predicted molar refractivity (Wildman–Crippen MR) is 92.2 cm³/mol. The fourth-order valence-corrected chi connectivity index (χ4v) is 3.45. The van der Waals surface area contributed by atoms with Gasteiger partial charge in [0.1, 0.15) is 5.76 Å². The first-order valence-electron chi connectivity index (χ1n) is 8.90. The van der Waals surface area contributed by atoms with E-state index in [1.54, 1.807) is 6.26 Å². The van der Waals surface area contributed by atoms with E-state index in [4.69, 9.17) is 4.42 Å². The summed E-state index contributed by atoms with van der Waals surface area (Å²) in [5.74, 6) is 1.73. The smallest absolute Gasteiger partial charge is 0.234 e. The maximum atomic E-state index is 12.3. The molecule has 1 aromatic rings. The molecule has 1 aliphatic heterocycles. The van der Waals surface area contributed by atoms with Gasteiger partial charge in [-0.25, -0.2) is 0 Å². The fourth-order valence-electron chi connectivity index (χ4n) is 3.45. The van der Waals surface area contributed by atoms with Crippen LogP contribution in [0.2, 0.25) is 0 Å². The highest BCUT2D eigenvalue weighted by molar-refractivity contribution is 5.78. The second-order valence-electron chi connectivity index (χ2n) is 6.54. The molecule has 0 aromatic carbocycles. The van der Waals surface area contributed by atoms with Gasteiger partial charge in [-0.3, -0.25) is 14.6 Å². The summed E-state index contributed by atoms with van der Waals surface area (Å²) in [5, 5.41) is 3.10. The second-order valence-corrected chi connectivity index (χ2v) is 6.54. The van der Waals surface area contributed by atoms with E-state index in [1.165, 1.54) is 12.8 Å². The van der Waals surface area contributed by atoms with Crippen LogP contribution in [0.25, 0.3) is 0 Å². The van der Waals surface area contributed by atoms with Gasteiger partial charge in [0.2, 0.25) is 5.91 Å². The van der Waals surface area contributed by atoms with Gasteiger partial charge in [-0.05, 0) is 50.5 Å². The topological polar surface area (TPSA) is 48.7 Å². The van der Waals surface area contributed by atoms with E-state index in [1.807, 2.05) is 12.1 Å².